The average molecular weight is 273 g/mol. The van der Waals surface area contributed by atoms with E-state index >= 15 is 0 Å². The van der Waals surface area contributed by atoms with Crippen LogP contribution in [0.1, 0.15) is 12.1 Å². The molecule has 16 heavy (non-hydrogen) atoms. The van der Waals surface area contributed by atoms with Crippen molar-refractivity contribution in [1.29, 1.82) is 0 Å². The van der Waals surface area contributed by atoms with Gasteiger partial charge in [0.15, 0.2) is 10.0 Å². The van der Waals surface area contributed by atoms with Crippen LogP contribution >= 0.6 is 11.6 Å². The van der Waals surface area contributed by atoms with Crippen LogP contribution in [-0.2, 0) is 10.0 Å². The highest BCUT2D eigenvalue weighted by Gasteiger charge is 2.24. The van der Waals surface area contributed by atoms with E-state index in [-0.39, 0.29) is 5.75 Å². The molecule has 0 saturated carbocycles. The summed E-state index contributed by atoms with van der Waals surface area (Å²) in [5.41, 5.74) is -0.686. The van der Waals surface area contributed by atoms with Crippen molar-refractivity contribution in [2.24, 2.45) is 5.14 Å². The molecule has 1 aromatic heterocycles. The van der Waals surface area contributed by atoms with Gasteiger partial charge in [0.25, 0.3) is 6.43 Å². The number of rotatable bonds is 3. The molecule has 0 aliphatic rings. The Morgan fingerprint density at radius 1 is 1.56 bits per heavy atom. The summed E-state index contributed by atoms with van der Waals surface area (Å²) in [7, 11) is -3.08. The van der Waals surface area contributed by atoms with Crippen molar-refractivity contribution < 1.29 is 21.9 Å². The molecule has 1 heterocycles. The maximum Gasteiger partial charge on any atom is 0.280 e. The van der Waals surface area contributed by atoms with Gasteiger partial charge < -0.3 is 4.74 Å². The minimum Gasteiger partial charge on any atom is -0.495 e. The van der Waals surface area contributed by atoms with Crippen LogP contribution in [-0.4, -0.2) is 20.5 Å². The molecule has 9 heteroatoms. The van der Waals surface area contributed by atoms with Crippen LogP contribution in [0.3, 0.4) is 0 Å². The van der Waals surface area contributed by atoms with Gasteiger partial charge in [0.05, 0.1) is 7.11 Å². The van der Waals surface area contributed by atoms with Gasteiger partial charge in [0.1, 0.15) is 11.4 Å². The van der Waals surface area contributed by atoms with Gasteiger partial charge in [0.2, 0.25) is 10.0 Å². The number of hydrogen-bond acceptors (Lipinski definition) is 4. The largest absolute Gasteiger partial charge is 0.495 e. The van der Waals surface area contributed by atoms with Crippen LogP contribution in [0.2, 0.25) is 5.15 Å². The second-order valence-corrected chi connectivity index (χ2v) is 4.57. The molecule has 5 nitrogen and oxygen atoms in total. The first-order valence-electron chi connectivity index (χ1n) is 3.82. The van der Waals surface area contributed by atoms with Crippen LogP contribution in [0, 0.1) is 0 Å². The van der Waals surface area contributed by atoms with Gasteiger partial charge >= 0.3 is 0 Å². The highest BCUT2D eigenvalue weighted by atomic mass is 35.5. The molecule has 0 unspecified atom stereocenters. The van der Waals surface area contributed by atoms with E-state index in [1.165, 1.54) is 0 Å². The second-order valence-electron chi connectivity index (χ2n) is 2.72. The van der Waals surface area contributed by atoms with Gasteiger partial charge in [-0.15, -0.1) is 0 Å². The molecule has 0 spiro atoms. The molecule has 0 bridgehead atoms. The zero-order chi connectivity index (χ0) is 12.5. The first-order valence-corrected chi connectivity index (χ1v) is 5.75. The second kappa shape index (κ2) is 4.48. The summed E-state index contributed by atoms with van der Waals surface area (Å²) in [4.78, 5) is 2.61. The summed E-state index contributed by atoms with van der Waals surface area (Å²) in [5.74, 6) is -0.363. The van der Waals surface area contributed by atoms with E-state index in [1.807, 2.05) is 0 Å². The van der Waals surface area contributed by atoms with E-state index in [0.717, 1.165) is 13.2 Å². The maximum absolute atomic E-state index is 12.3. The number of halogens is 3. The Morgan fingerprint density at radius 3 is 2.50 bits per heavy atom. The highest BCUT2D eigenvalue weighted by Crippen LogP contribution is 2.32. The van der Waals surface area contributed by atoms with E-state index in [1.54, 1.807) is 0 Å². The minimum absolute atomic E-state index is 0.363. The Kier molecular flexibility index (Phi) is 3.66. The van der Waals surface area contributed by atoms with E-state index in [0.29, 0.717) is 0 Å². The van der Waals surface area contributed by atoms with Gasteiger partial charge in [-0.3, -0.25) is 0 Å². The standard InChI is InChI=1S/C7H7ClF2N2O3S/c1-15-4-2-3(7(9)10)12-6(8)5(4)16(11,13)14/h2,7H,1H3,(H2,11,13,14). The van der Waals surface area contributed by atoms with E-state index < -0.39 is 32.2 Å². The number of hydrogen-bond donors (Lipinski definition) is 1. The summed E-state index contributed by atoms with van der Waals surface area (Å²) in [6, 6.07) is 0.774. The van der Waals surface area contributed by atoms with Crippen LogP contribution in [0.15, 0.2) is 11.0 Å². The number of primary sulfonamides is 1. The van der Waals surface area contributed by atoms with Crippen molar-refractivity contribution in [3.05, 3.63) is 16.9 Å². The summed E-state index contributed by atoms with van der Waals surface area (Å²) in [5, 5.41) is 4.20. The average Bonchev–Trinajstić information content (AvgIpc) is 2.14. The molecule has 0 amide bonds. The molecule has 0 atom stereocenters. The molecule has 0 aliphatic heterocycles. The molecule has 0 aromatic carbocycles. The third kappa shape index (κ3) is 2.57. The number of alkyl halides is 2. The summed E-state index contributed by atoms with van der Waals surface area (Å²) < 4.78 is 51.5. The molecule has 0 fully saturated rings. The molecular weight excluding hydrogens is 266 g/mol. The predicted molar refractivity (Wildman–Crippen MR) is 52.1 cm³/mol. The fraction of sp³-hybridized carbons (Fsp3) is 0.286. The Balaban J connectivity index is 3.53. The summed E-state index contributed by atoms with van der Waals surface area (Å²) in [6.45, 7) is 0. The van der Waals surface area contributed by atoms with Crippen molar-refractivity contribution >= 4 is 21.6 Å². The fourth-order valence-corrected chi connectivity index (χ4v) is 2.24. The normalized spacial score (nSPS) is 11.9. The van der Waals surface area contributed by atoms with Gasteiger partial charge in [-0.1, -0.05) is 11.6 Å². The number of pyridine rings is 1. The molecule has 0 radical (unpaired) electrons. The van der Waals surface area contributed by atoms with E-state index in [9.17, 15) is 17.2 Å². The van der Waals surface area contributed by atoms with Crippen molar-refractivity contribution in [1.82, 2.24) is 4.98 Å². The zero-order valence-corrected chi connectivity index (χ0v) is 9.52. The SMILES string of the molecule is COc1cc(C(F)F)nc(Cl)c1S(N)(=O)=O. The number of ether oxygens (including phenoxy) is 1. The van der Waals surface area contributed by atoms with Crippen molar-refractivity contribution in [3.63, 3.8) is 0 Å². The number of nitrogens with two attached hydrogens (primary N) is 1. The molecule has 0 saturated heterocycles. The smallest absolute Gasteiger partial charge is 0.280 e. The third-order valence-electron chi connectivity index (χ3n) is 1.65. The highest BCUT2D eigenvalue weighted by molar-refractivity contribution is 7.89. The molecular formula is C7H7ClF2N2O3S. The lowest BCUT2D eigenvalue weighted by Gasteiger charge is -2.09. The molecule has 2 N–H and O–H groups in total. The Hall–Kier alpha value is -0.990. The summed E-state index contributed by atoms with van der Waals surface area (Å²) >= 11 is 5.46. The number of sulfonamides is 1. The lowest BCUT2D eigenvalue weighted by Crippen LogP contribution is -2.15. The first-order chi connectivity index (χ1) is 7.27. The Morgan fingerprint density at radius 2 is 2.12 bits per heavy atom. The van der Waals surface area contributed by atoms with Gasteiger partial charge in [-0.2, -0.15) is 0 Å². The minimum atomic E-state index is -4.18. The van der Waals surface area contributed by atoms with Gasteiger partial charge in [-0.05, 0) is 0 Å². The van der Waals surface area contributed by atoms with Crippen LogP contribution in [0.4, 0.5) is 8.78 Å². The lowest BCUT2D eigenvalue weighted by molar-refractivity contribution is 0.145. The van der Waals surface area contributed by atoms with Crippen molar-refractivity contribution in [2.45, 2.75) is 11.3 Å². The zero-order valence-electron chi connectivity index (χ0n) is 7.95. The Bertz CT molecular complexity index is 507. The molecule has 1 aromatic rings. The van der Waals surface area contributed by atoms with Crippen LogP contribution in [0.25, 0.3) is 0 Å². The molecule has 0 aliphatic carbocycles. The van der Waals surface area contributed by atoms with E-state index in [2.05, 4.69) is 9.72 Å². The first kappa shape index (κ1) is 13.1. The third-order valence-corrected chi connectivity index (χ3v) is 2.99. The predicted octanol–water partition coefficient (Wildman–Crippen LogP) is 1.33. The van der Waals surface area contributed by atoms with Gasteiger partial charge in [0, 0.05) is 6.07 Å². The molecule has 90 valence electrons. The topological polar surface area (TPSA) is 82.3 Å². The van der Waals surface area contributed by atoms with Crippen molar-refractivity contribution in [3.8, 4) is 5.75 Å². The number of nitrogens with zero attached hydrogens (tertiary/aromatic N) is 1. The quantitative estimate of drug-likeness (QED) is 0.842. The lowest BCUT2D eigenvalue weighted by atomic mass is 10.3. The van der Waals surface area contributed by atoms with E-state index in [4.69, 9.17) is 16.7 Å². The number of methoxy groups -OCH3 is 1. The number of aromatic nitrogens is 1. The monoisotopic (exact) mass is 272 g/mol. The van der Waals surface area contributed by atoms with Crippen molar-refractivity contribution in [2.75, 3.05) is 7.11 Å². The fourth-order valence-electron chi connectivity index (χ4n) is 1.02. The summed E-state index contributed by atoms with van der Waals surface area (Å²) in [6.07, 6.45) is -2.89. The van der Waals surface area contributed by atoms with Crippen LogP contribution in [0.5, 0.6) is 5.75 Å². The Labute approximate surface area is 95.2 Å². The maximum atomic E-state index is 12.3. The van der Waals surface area contributed by atoms with Crippen LogP contribution < -0.4 is 9.88 Å². The molecule has 1 rings (SSSR count). The van der Waals surface area contributed by atoms with Gasteiger partial charge in [-0.25, -0.2) is 27.3 Å².